The van der Waals surface area contributed by atoms with Gasteiger partial charge in [-0.15, -0.1) is 0 Å². The van der Waals surface area contributed by atoms with E-state index in [9.17, 15) is 15.0 Å². The summed E-state index contributed by atoms with van der Waals surface area (Å²) in [6, 6.07) is 14.4. The minimum absolute atomic E-state index is 0.0326. The number of carboxylic acids is 1. The average Bonchev–Trinajstić information content (AvgIpc) is 2.87. The summed E-state index contributed by atoms with van der Waals surface area (Å²) >= 11 is 0. The van der Waals surface area contributed by atoms with Crippen molar-refractivity contribution in [1.82, 2.24) is 9.78 Å². The highest BCUT2D eigenvalue weighted by Gasteiger charge is 2.16. The lowest BCUT2D eigenvalue weighted by Crippen LogP contribution is -2.01. The van der Waals surface area contributed by atoms with Gasteiger partial charge in [-0.1, -0.05) is 30.3 Å². The van der Waals surface area contributed by atoms with Gasteiger partial charge in [0.1, 0.15) is 0 Å². The van der Waals surface area contributed by atoms with Gasteiger partial charge >= 0.3 is 5.97 Å². The number of fused-ring (bicyclic) bond motifs is 1. The van der Waals surface area contributed by atoms with E-state index in [4.69, 9.17) is 0 Å². The van der Waals surface area contributed by atoms with E-state index < -0.39 is 12.1 Å². The molecule has 0 spiro atoms. The second-order valence-corrected chi connectivity index (χ2v) is 4.85. The van der Waals surface area contributed by atoms with Crippen LogP contribution in [0.5, 0.6) is 0 Å². The molecule has 0 saturated carbocycles. The van der Waals surface area contributed by atoms with Crippen molar-refractivity contribution in [3.8, 4) is 5.69 Å². The van der Waals surface area contributed by atoms with Crippen molar-refractivity contribution in [3.05, 3.63) is 59.8 Å². The average molecular weight is 282 g/mol. The number of aromatic carboxylic acids is 1. The van der Waals surface area contributed by atoms with E-state index in [2.05, 4.69) is 5.10 Å². The summed E-state index contributed by atoms with van der Waals surface area (Å²) in [6.45, 7) is 1.70. The Morgan fingerprint density at radius 3 is 2.43 bits per heavy atom. The smallest absolute Gasteiger partial charge is 0.357 e. The Morgan fingerprint density at radius 2 is 1.81 bits per heavy atom. The quantitative estimate of drug-likeness (QED) is 0.774. The molecular formula is C16H14N2O3. The van der Waals surface area contributed by atoms with Crippen molar-refractivity contribution < 1.29 is 15.0 Å². The van der Waals surface area contributed by atoms with Gasteiger partial charge < -0.3 is 10.2 Å². The van der Waals surface area contributed by atoms with Gasteiger partial charge in [0.25, 0.3) is 0 Å². The van der Waals surface area contributed by atoms with Crippen molar-refractivity contribution in [1.29, 1.82) is 0 Å². The Labute approximate surface area is 121 Å². The van der Waals surface area contributed by atoms with Gasteiger partial charge in [-0.25, -0.2) is 9.48 Å². The summed E-state index contributed by atoms with van der Waals surface area (Å²) in [5.41, 5.74) is 2.32. The van der Waals surface area contributed by atoms with E-state index >= 15 is 0 Å². The summed E-state index contributed by atoms with van der Waals surface area (Å²) in [6.07, 6.45) is -0.539. The van der Waals surface area contributed by atoms with Gasteiger partial charge in [0.2, 0.25) is 0 Å². The number of hydrogen-bond acceptors (Lipinski definition) is 3. The predicted octanol–water partition coefficient (Wildman–Crippen LogP) is 2.78. The van der Waals surface area contributed by atoms with Crippen molar-refractivity contribution in [2.75, 3.05) is 0 Å². The van der Waals surface area contributed by atoms with Crippen LogP contribution in [0.4, 0.5) is 0 Å². The molecule has 2 N–H and O–H groups in total. The van der Waals surface area contributed by atoms with Gasteiger partial charge in [-0.3, -0.25) is 0 Å². The fourth-order valence-electron chi connectivity index (χ4n) is 2.32. The van der Waals surface area contributed by atoms with Crippen LogP contribution in [0.25, 0.3) is 16.6 Å². The van der Waals surface area contributed by atoms with E-state index in [0.29, 0.717) is 5.39 Å². The molecule has 1 atom stereocenters. The maximum Gasteiger partial charge on any atom is 0.357 e. The lowest BCUT2D eigenvalue weighted by atomic mass is 10.1. The zero-order chi connectivity index (χ0) is 15.0. The van der Waals surface area contributed by atoms with Crippen LogP contribution in [-0.2, 0) is 0 Å². The molecule has 0 saturated heterocycles. The molecule has 0 bridgehead atoms. The third kappa shape index (κ3) is 2.28. The number of carbonyl (C=O) groups is 1. The standard InChI is InChI=1S/C16H14N2O3/c1-10(19)11-6-8-12(9-7-11)18-14-5-3-2-4-13(14)15(17-18)16(20)21/h2-10,19H,1H3,(H,20,21)/t10-/m0/s1. The topological polar surface area (TPSA) is 75.3 Å². The van der Waals surface area contributed by atoms with E-state index in [-0.39, 0.29) is 5.69 Å². The van der Waals surface area contributed by atoms with Gasteiger partial charge in [0.15, 0.2) is 5.69 Å². The maximum absolute atomic E-state index is 11.3. The molecule has 2 aromatic carbocycles. The van der Waals surface area contributed by atoms with Crippen molar-refractivity contribution in [2.45, 2.75) is 13.0 Å². The summed E-state index contributed by atoms with van der Waals surface area (Å²) in [4.78, 5) is 11.3. The number of nitrogens with zero attached hydrogens (tertiary/aromatic N) is 2. The highest BCUT2D eigenvalue weighted by Crippen LogP contribution is 2.23. The Bertz CT molecular complexity index is 804. The normalized spacial score (nSPS) is 12.5. The molecule has 5 heteroatoms. The van der Waals surface area contributed by atoms with Crippen LogP contribution < -0.4 is 0 Å². The molecule has 0 aliphatic rings. The van der Waals surface area contributed by atoms with Gasteiger partial charge in [0, 0.05) is 5.39 Å². The molecule has 21 heavy (non-hydrogen) atoms. The van der Waals surface area contributed by atoms with Crippen LogP contribution in [-0.4, -0.2) is 26.0 Å². The van der Waals surface area contributed by atoms with E-state index in [0.717, 1.165) is 16.8 Å². The van der Waals surface area contributed by atoms with Crippen molar-refractivity contribution >= 4 is 16.9 Å². The highest BCUT2D eigenvalue weighted by atomic mass is 16.4. The Morgan fingerprint density at radius 1 is 1.14 bits per heavy atom. The van der Waals surface area contributed by atoms with E-state index in [1.165, 1.54) is 0 Å². The molecule has 0 fully saturated rings. The molecular weight excluding hydrogens is 268 g/mol. The number of benzene rings is 2. The summed E-state index contributed by atoms with van der Waals surface area (Å²) in [7, 11) is 0. The van der Waals surface area contributed by atoms with E-state index in [1.54, 1.807) is 35.9 Å². The first-order valence-corrected chi connectivity index (χ1v) is 6.57. The first-order chi connectivity index (χ1) is 10.1. The zero-order valence-corrected chi connectivity index (χ0v) is 11.4. The zero-order valence-electron chi connectivity index (χ0n) is 11.4. The van der Waals surface area contributed by atoms with Gasteiger partial charge in [-0.2, -0.15) is 5.10 Å². The van der Waals surface area contributed by atoms with Crippen LogP contribution in [0.15, 0.2) is 48.5 Å². The van der Waals surface area contributed by atoms with Gasteiger partial charge in [-0.05, 0) is 30.7 Å². The SMILES string of the molecule is C[C@H](O)c1ccc(-n2nc(C(=O)O)c3ccccc32)cc1. The summed E-state index contributed by atoms with van der Waals surface area (Å²) < 4.78 is 1.60. The molecule has 1 heterocycles. The molecule has 0 unspecified atom stereocenters. The highest BCUT2D eigenvalue weighted by molar-refractivity contribution is 6.01. The van der Waals surface area contributed by atoms with Crippen LogP contribution >= 0.6 is 0 Å². The van der Waals surface area contributed by atoms with Crippen LogP contribution in [0, 0.1) is 0 Å². The molecule has 1 aromatic heterocycles. The monoisotopic (exact) mass is 282 g/mol. The lowest BCUT2D eigenvalue weighted by molar-refractivity contribution is 0.0692. The van der Waals surface area contributed by atoms with Crippen LogP contribution in [0.3, 0.4) is 0 Å². The predicted molar refractivity (Wildman–Crippen MR) is 78.7 cm³/mol. The Hall–Kier alpha value is -2.66. The number of aliphatic hydroxyl groups is 1. The first kappa shape index (κ1) is 13.3. The summed E-state index contributed by atoms with van der Waals surface area (Å²) in [5, 5.41) is 23.6. The second kappa shape index (κ2) is 5.03. The number of hydrogen-bond donors (Lipinski definition) is 2. The Kier molecular flexibility index (Phi) is 3.19. The molecule has 3 aromatic rings. The lowest BCUT2D eigenvalue weighted by Gasteiger charge is -2.07. The molecule has 0 radical (unpaired) electrons. The molecule has 0 aliphatic heterocycles. The number of rotatable bonds is 3. The molecule has 0 amide bonds. The largest absolute Gasteiger partial charge is 0.476 e. The fourth-order valence-corrected chi connectivity index (χ4v) is 2.32. The third-order valence-corrected chi connectivity index (χ3v) is 3.41. The summed E-state index contributed by atoms with van der Waals surface area (Å²) in [5.74, 6) is -1.05. The molecule has 3 rings (SSSR count). The minimum Gasteiger partial charge on any atom is -0.476 e. The maximum atomic E-state index is 11.3. The van der Waals surface area contributed by atoms with Gasteiger partial charge in [0.05, 0.1) is 17.3 Å². The number of carboxylic acid groups (broad SMARTS) is 1. The second-order valence-electron chi connectivity index (χ2n) is 4.85. The van der Waals surface area contributed by atoms with Crippen LogP contribution in [0.1, 0.15) is 29.1 Å². The van der Waals surface area contributed by atoms with Crippen molar-refractivity contribution in [2.24, 2.45) is 0 Å². The number of para-hydroxylation sites is 1. The van der Waals surface area contributed by atoms with E-state index in [1.807, 2.05) is 24.3 Å². The van der Waals surface area contributed by atoms with Crippen molar-refractivity contribution in [3.63, 3.8) is 0 Å². The van der Waals surface area contributed by atoms with Crippen LogP contribution in [0.2, 0.25) is 0 Å². The number of aliphatic hydroxyl groups excluding tert-OH is 1. The molecule has 106 valence electrons. The fraction of sp³-hybridized carbons (Fsp3) is 0.125. The number of aromatic nitrogens is 2. The third-order valence-electron chi connectivity index (χ3n) is 3.41. The first-order valence-electron chi connectivity index (χ1n) is 6.57. The minimum atomic E-state index is -1.05. The molecule has 0 aliphatic carbocycles. The molecule has 5 nitrogen and oxygen atoms in total. The Balaban J connectivity index is 2.18.